The van der Waals surface area contributed by atoms with Gasteiger partial charge in [-0.2, -0.15) is 0 Å². The molecule has 1 aliphatic heterocycles. The van der Waals surface area contributed by atoms with Crippen LogP contribution in [0.2, 0.25) is 0 Å². The fourth-order valence-corrected chi connectivity index (χ4v) is 4.51. The van der Waals surface area contributed by atoms with Gasteiger partial charge in [-0.05, 0) is 49.8 Å². The lowest BCUT2D eigenvalue weighted by atomic mass is 10.0. The molecule has 4 amide bonds. The number of nitrogens with zero attached hydrogens (tertiary/aromatic N) is 2. The van der Waals surface area contributed by atoms with Crippen LogP contribution < -0.4 is 16.0 Å². The number of nitrogens with one attached hydrogen (secondary N) is 3. The summed E-state index contributed by atoms with van der Waals surface area (Å²) < 4.78 is 0. The Kier molecular flexibility index (Phi) is 10.2. The van der Waals surface area contributed by atoms with Crippen molar-refractivity contribution in [2.45, 2.75) is 56.7 Å². The first kappa shape index (κ1) is 27.4. The zero-order valence-electron chi connectivity index (χ0n) is 20.5. The van der Waals surface area contributed by atoms with E-state index in [1.807, 2.05) is 48.5 Å². The van der Waals surface area contributed by atoms with Gasteiger partial charge in [0.1, 0.15) is 12.1 Å². The maximum atomic E-state index is 13.4. The molecular weight excluding hydrogens is 478 g/mol. The number of carbonyl (C=O) groups is 4. The molecule has 37 heavy (non-hydrogen) atoms. The molecule has 1 aromatic carbocycles. The van der Waals surface area contributed by atoms with Crippen molar-refractivity contribution >= 4 is 24.0 Å². The third-order valence-electron chi connectivity index (χ3n) is 6.29. The topological polar surface area (TPSA) is 161 Å². The summed E-state index contributed by atoms with van der Waals surface area (Å²) in [6.45, 7) is 0.556. The number of likely N-dealkylation sites (tertiary alicyclic amines) is 1. The minimum Gasteiger partial charge on any atom is -0.465 e. The number of hydrogen-bond donors (Lipinski definition) is 5. The number of amides is 4. The summed E-state index contributed by atoms with van der Waals surface area (Å²) in [5.74, 6) is -0.748. The van der Waals surface area contributed by atoms with Crippen molar-refractivity contribution in [3.63, 3.8) is 0 Å². The minimum absolute atomic E-state index is 0.198. The summed E-state index contributed by atoms with van der Waals surface area (Å²) in [4.78, 5) is 54.5. The average Bonchev–Trinajstić information content (AvgIpc) is 3.38. The predicted octanol–water partition coefficient (Wildman–Crippen LogP) is 2.55. The molecule has 1 aromatic heterocycles. The molecule has 3 rings (SSSR count). The first-order chi connectivity index (χ1) is 17.8. The van der Waals surface area contributed by atoms with Crippen molar-refractivity contribution in [3.05, 3.63) is 66.0 Å². The number of pyridine rings is 1. The fraction of sp³-hybridized carbons (Fsp3) is 0.423. The molecule has 0 spiro atoms. The Bertz CT molecular complexity index is 1050. The second-order valence-electron chi connectivity index (χ2n) is 8.92. The fourth-order valence-electron chi connectivity index (χ4n) is 4.51. The van der Waals surface area contributed by atoms with Crippen LogP contribution in [0.4, 0.5) is 9.59 Å². The normalized spacial score (nSPS) is 16.4. The SMILES string of the molecule is O=C(O)NCCCCC(NC(=O)O)C(=O)N1CCC[C@H]1C(=O)NC(Cc1ccccn1)c1ccccc1. The molecule has 3 atom stereocenters. The molecule has 198 valence electrons. The molecule has 1 saturated heterocycles. The summed E-state index contributed by atoms with van der Waals surface area (Å²) in [6, 6.07) is 13.1. The third-order valence-corrected chi connectivity index (χ3v) is 6.29. The molecule has 0 radical (unpaired) electrons. The second-order valence-corrected chi connectivity index (χ2v) is 8.92. The van der Waals surface area contributed by atoms with E-state index in [2.05, 4.69) is 20.9 Å². The number of aromatic nitrogens is 1. The van der Waals surface area contributed by atoms with Gasteiger partial charge in [0, 0.05) is 31.4 Å². The van der Waals surface area contributed by atoms with Crippen LogP contribution in [0.1, 0.15) is 49.4 Å². The van der Waals surface area contributed by atoms with Crippen LogP contribution in [-0.4, -0.2) is 69.3 Å². The van der Waals surface area contributed by atoms with Gasteiger partial charge in [-0.1, -0.05) is 36.4 Å². The molecule has 0 bridgehead atoms. The highest BCUT2D eigenvalue weighted by atomic mass is 16.4. The van der Waals surface area contributed by atoms with Crippen molar-refractivity contribution in [2.24, 2.45) is 0 Å². The number of rotatable bonds is 12. The first-order valence-corrected chi connectivity index (χ1v) is 12.4. The highest BCUT2D eigenvalue weighted by molar-refractivity contribution is 5.91. The van der Waals surface area contributed by atoms with Crippen LogP contribution in [0.5, 0.6) is 0 Å². The molecule has 11 nitrogen and oxygen atoms in total. The van der Waals surface area contributed by atoms with Gasteiger partial charge >= 0.3 is 12.2 Å². The van der Waals surface area contributed by atoms with Crippen LogP contribution >= 0.6 is 0 Å². The van der Waals surface area contributed by atoms with E-state index < -0.39 is 30.2 Å². The number of unbranched alkanes of at least 4 members (excludes halogenated alkanes) is 1. The predicted molar refractivity (Wildman–Crippen MR) is 135 cm³/mol. The second kappa shape index (κ2) is 13.8. The molecule has 11 heteroatoms. The van der Waals surface area contributed by atoms with Gasteiger partial charge in [-0.25, -0.2) is 9.59 Å². The Labute approximate surface area is 215 Å². The van der Waals surface area contributed by atoms with E-state index in [0.717, 1.165) is 11.3 Å². The van der Waals surface area contributed by atoms with E-state index in [0.29, 0.717) is 38.6 Å². The number of hydrogen-bond acceptors (Lipinski definition) is 5. The van der Waals surface area contributed by atoms with Crippen LogP contribution in [0.25, 0.3) is 0 Å². The van der Waals surface area contributed by atoms with E-state index in [-0.39, 0.29) is 24.9 Å². The first-order valence-electron chi connectivity index (χ1n) is 12.4. The summed E-state index contributed by atoms with van der Waals surface area (Å²) in [5.41, 5.74) is 1.73. The minimum atomic E-state index is -1.33. The van der Waals surface area contributed by atoms with Gasteiger partial charge in [-0.15, -0.1) is 0 Å². The molecule has 2 heterocycles. The summed E-state index contributed by atoms with van der Waals surface area (Å²) in [5, 5.41) is 25.5. The van der Waals surface area contributed by atoms with Crippen LogP contribution in [0.15, 0.2) is 54.7 Å². The van der Waals surface area contributed by atoms with E-state index in [1.165, 1.54) is 4.90 Å². The van der Waals surface area contributed by atoms with E-state index >= 15 is 0 Å². The molecule has 0 saturated carbocycles. The number of carboxylic acid groups (broad SMARTS) is 2. The van der Waals surface area contributed by atoms with Gasteiger partial charge in [0.25, 0.3) is 0 Å². The van der Waals surface area contributed by atoms with E-state index in [9.17, 15) is 24.3 Å². The zero-order valence-corrected chi connectivity index (χ0v) is 20.5. The number of benzene rings is 1. The van der Waals surface area contributed by atoms with Crippen LogP contribution in [0.3, 0.4) is 0 Å². The van der Waals surface area contributed by atoms with Crippen molar-refractivity contribution in [2.75, 3.05) is 13.1 Å². The maximum absolute atomic E-state index is 13.4. The van der Waals surface area contributed by atoms with Gasteiger partial charge in [-0.3, -0.25) is 14.6 Å². The third kappa shape index (κ3) is 8.48. The lowest BCUT2D eigenvalue weighted by Crippen LogP contribution is -2.53. The highest BCUT2D eigenvalue weighted by Gasteiger charge is 2.38. The summed E-state index contributed by atoms with van der Waals surface area (Å²) in [7, 11) is 0. The lowest BCUT2D eigenvalue weighted by Gasteiger charge is -2.29. The number of carbonyl (C=O) groups excluding carboxylic acids is 2. The van der Waals surface area contributed by atoms with Gasteiger partial charge in [0.2, 0.25) is 11.8 Å². The molecule has 2 unspecified atom stereocenters. The largest absolute Gasteiger partial charge is 0.465 e. The summed E-state index contributed by atoms with van der Waals surface area (Å²) in [6.07, 6.45) is 1.89. The van der Waals surface area contributed by atoms with Gasteiger partial charge in [0.15, 0.2) is 0 Å². The van der Waals surface area contributed by atoms with Crippen molar-refractivity contribution in [3.8, 4) is 0 Å². The molecule has 1 fully saturated rings. The van der Waals surface area contributed by atoms with Gasteiger partial charge < -0.3 is 31.1 Å². The molecule has 5 N–H and O–H groups in total. The molecule has 0 aliphatic carbocycles. The van der Waals surface area contributed by atoms with Crippen molar-refractivity contribution in [1.29, 1.82) is 0 Å². The van der Waals surface area contributed by atoms with Gasteiger partial charge in [0.05, 0.1) is 6.04 Å². The summed E-state index contributed by atoms with van der Waals surface area (Å²) >= 11 is 0. The highest BCUT2D eigenvalue weighted by Crippen LogP contribution is 2.23. The Morgan fingerprint density at radius 1 is 0.973 bits per heavy atom. The molecular formula is C26H33N5O6. The van der Waals surface area contributed by atoms with Crippen LogP contribution in [-0.2, 0) is 16.0 Å². The van der Waals surface area contributed by atoms with Crippen molar-refractivity contribution < 1.29 is 29.4 Å². The van der Waals surface area contributed by atoms with Crippen molar-refractivity contribution in [1.82, 2.24) is 25.8 Å². The average molecular weight is 512 g/mol. The standard InChI is InChI=1S/C26H33N5O6/c32-23(29-21(18-9-2-1-3-10-18)17-19-11-4-6-14-27-19)22-13-8-16-31(22)24(33)20(30-26(36)37)12-5-7-15-28-25(34)35/h1-4,6,9-11,14,20-22,28,30H,5,7-8,12-13,15-17H2,(H,29,32)(H,34,35)(H,36,37)/t20?,21?,22-/m0/s1. The molecule has 2 aromatic rings. The smallest absolute Gasteiger partial charge is 0.405 e. The van der Waals surface area contributed by atoms with Crippen LogP contribution in [0, 0.1) is 0 Å². The van der Waals surface area contributed by atoms with E-state index in [1.54, 1.807) is 6.20 Å². The Balaban J connectivity index is 1.68. The quantitative estimate of drug-likeness (QED) is 0.274. The lowest BCUT2D eigenvalue weighted by molar-refractivity contribution is -0.140. The maximum Gasteiger partial charge on any atom is 0.405 e. The Morgan fingerprint density at radius 2 is 1.73 bits per heavy atom. The monoisotopic (exact) mass is 511 g/mol. The van der Waals surface area contributed by atoms with E-state index in [4.69, 9.17) is 5.11 Å². The zero-order chi connectivity index (χ0) is 26.6. The molecule has 1 aliphatic rings. The Morgan fingerprint density at radius 3 is 2.41 bits per heavy atom. The Hall–Kier alpha value is -4.15.